The van der Waals surface area contributed by atoms with Crippen LogP contribution in [-0.2, 0) is 0 Å². The summed E-state index contributed by atoms with van der Waals surface area (Å²) in [6.07, 6.45) is 0. The molecule has 2 aliphatic heterocycles. The maximum absolute atomic E-state index is 3.31. The third kappa shape index (κ3) is 8.39. The van der Waals surface area contributed by atoms with Crippen LogP contribution in [0.3, 0.4) is 0 Å². The highest BCUT2D eigenvalue weighted by molar-refractivity contribution is 7.25. The monoisotopic (exact) mass is 1290 g/mol. The molecule has 452 valence electrons. The fourth-order valence-electron chi connectivity index (χ4n) is 17.4. The molecule has 2 nitrogen and oxygen atoms in total. The molecule has 0 aliphatic carbocycles. The Balaban J connectivity index is 1.04. The molecule has 0 saturated carbocycles. The summed E-state index contributed by atoms with van der Waals surface area (Å²) in [6, 6.07) is 155. The standard InChI is InChI=1S/C90H66N2Si4/c1-11-35-68(36-12-1)93(69-37-13-2-14-38-69,70-39-15-3-16-40-70)78-59-61-82-80(65-78)81-66-79(94(71-41-17-4-18-42-71,72-43-19-5-20-44-72)73-45-21-6-22-46-73)60-62-83(81)91(82)67-63-88-90-89(64-67)96(76-51-27-9-28-52-76,77-53-29-10-30-54-77)87-58-34-32-56-85(87)92(90)84-55-31-33-57-86(84)95(88,74-47-23-7-24-48-74)75-49-25-8-26-50-75/h1-66H. The summed E-state index contributed by atoms with van der Waals surface area (Å²) in [4.78, 5) is 2.69. The second kappa shape index (κ2) is 23.3. The highest BCUT2D eigenvalue weighted by atomic mass is 28.3. The lowest BCUT2D eigenvalue weighted by molar-refractivity contribution is 1.18. The van der Waals surface area contributed by atoms with Gasteiger partial charge in [0.2, 0.25) is 0 Å². The molecule has 0 N–H and O–H groups in total. The topological polar surface area (TPSA) is 8.17 Å². The minimum Gasteiger partial charge on any atom is -0.311 e. The van der Waals surface area contributed by atoms with Crippen molar-refractivity contribution in [3.63, 3.8) is 0 Å². The van der Waals surface area contributed by atoms with Gasteiger partial charge in [-0.15, -0.1) is 0 Å². The lowest BCUT2D eigenvalue weighted by Crippen LogP contribution is -2.82. The van der Waals surface area contributed by atoms with Crippen molar-refractivity contribution >= 4 is 154 Å². The van der Waals surface area contributed by atoms with Crippen LogP contribution in [0.4, 0.5) is 17.1 Å². The molecule has 2 aliphatic rings. The summed E-state index contributed by atoms with van der Waals surface area (Å²) in [7, 11) is -12.8. The van der Waals surface area contributed by atoms with E-state index in [9.17, 15) is 0 Å². The first-order chi connectivity index (χ1) is 47.6. The lowest BCUT2D eigenvalue weighted by Gasteiger charge is -2.52. The van der Waals surface area contributed by atoms with E-state index in [1.807, 2.05) is 0 Å². The van der Waals surface area contributed by atoms with E-state index >= 15 is 0 Å². The summed E-state index contributed by atoms with van der Waals surface area (Å²) in [5.41, 5.74) is 7.31. The van der Waals surface area contributed by atoms with Gasteiger partial charge in [0, 0.05) is 33.5 Å². The minimum atomic E-state index is -3.31. The summed E-state index contributed by atoms with van der Waals surface area (Å²) >= 11 is 0. The zero-order valence-electron chi connectivity index (χ0n) is 53.0. The largest absolute Gasteiger partial charge is 0.311 e. The van der Waals surface area contributed by atoms with Gasteiger partial charge in [-0.25, -0.2) is 0 Å². The van der Waals surface area contributed by atoms with Crippen LogP contribution < -0.4 is 87.9 Å². The van der Waals surface area contributed by atoms with Gasteiger partial charge in [0.1, 0.15) is 0 Å². The fourth-order valence-corrected chi connectivity index (χ4v) is 37.4. The Labute approximate surface area is 565 Å². The Morgan fingerprint density at radius 3 is 0.740 bits per heavy atom. The van der Waals surface area contributed by atoms with Crippen molar-refractivity contribution in [2.75, 3.05) is 4.90 Å². The minimum absolute atomic E-state index is 1.16. The van der Waals surface area contributed by atoms with Gasteiger partial charge in [0.15, 0.2) is 32.3 Å². The molecule has 0 amide bonds. The summed E-state index contributed by atoms with van der Waals surface area (Å²) in [5.74, 6) is 0. The van der Waals surface area contributed by atoms with E-state index in [4.69, 9.17) is 0 Å². The predicted molar refractivity (Wildman–Crippen MR) is 417 cm³/mol. The van der Waals surface area contributed by atoms with Crippen LogP contribution in [0.25, 0.3) is 27.5 Å². The van der Waals surface area contributed by atoms with E-state index in [1.54, 1.807) is 0 Å². The number of benzene rings is 15. The second-order valence-corrected chi connectivity index (χ2v) is 40.8. The highest BCUT2D eigenvalue weighted by Gasteiger charge is 2.57. The first-order valence-electron chi connectivity index (χ1n) is 33.5. The summed E-state index contributed by atoms with van der Waals surface area (Å²) in [6.45, 7) is 0. The number of rotatable bonds is 13. The molecule has 0 spiro atoms. The molecule has 15 aromatic carbocycles. The van der Waals surface area contributed by atoms with Crippen LogP contribution in [-0.4, -0.2) is 36.9 Å². The van der Waals surface area contributed by atoms with Crippen LogP contribution in [0.5, 0.6) is 0 Å². The number of aromatic nitrogens is 1. The number of hydrogen-bond acceptors (Lipinski definition) is 1. The molecule has 1 aromatic heterocycles. The van der Waals surface area contributed by atoms with E-state index < -0.39 is 32.3 Å². The van der Waals surface area contributed by atoms with Crippen molar-refractivity contribution in [2.45, 2.75) is 0 Å². The van der Waals surface area contributed by atoms with Crippen LogP contribution in [0.2, 0.25) is 0 Å². The molecule has 6 heteroatoms. The van der Waals surface area contributed by atoms with Crippen LogP contribution in [0.1, 0.15) is 0 Å². The second-order valence-electron chi connectivity index (χ2n) is 25.7. The number of para-hydroxylation sites is 2. The average Bonchev–Trinajstić information content (AvgIpc) is 0.683. The average molecular weight is 1290 g/mol. The van der Waals surface area contributed by atoms with Crippen LogP contribution in [0, 0.1) is 0 Å². The number of fused-ring (bicyclic) bond motifs is 7. The first-order valence-corrected chi connectivity index (χ1v) is 41.5. The van der Waals surface area contributed by atoms with E-state index in [2.05, 4.69) is 410 Å². The maximum Gasteiger partial charge on any atom is 0.184 e. The van der Waals surface area contributed by atoms with Crippen LogP contribution >= 0.6 is 0 Å². The van der Waals surface area contributed by atoms with Gasteiger partial charge in [-0.2, -0.15) is 0 Å². The van der Waals surface area contributed by atoms with E-state index in [1.165, 1.54) is 122 Å². The Kier molecular flexibility index (Phi) is 14.0. The highest BCUT2D eigenvalue weighted by Crippen LogP contribution is 2.43. The Hall–Kier alpha value is -11.2. The first kappa shape index (κ1) is 57.4. The van der Waals surface area contributed by atoms with Crippen molar-refractivity contribution in [1.82, 2.24) is 4.57 Å². The molecular formula is C90H66N2Si4. The van der Waals surface area contributed by atoms with Gasteiger partial charge in [0.05, 0.1) is 11.0 Å². The van der Waals surface area contributed by atoms with Crippen molar-refractivity contribution in [2.24, 2.45) is 0 Å². The summed E-state index contributed by atoms with van der Waals surface area (Å²) < 4.78 is 2.69. The van der Waals surface area contributed by atoms with Gasteiger partial charge in [-0.1, -0.05) is 364 Å². The molecule has 0 atom stereocenters. The predicted octanol–water partition coefficient (Wildman–Crippen LogP) is 10.4. The number of nitrogens with zero attached hydrogens (tertiary/aromatic N) is 2. The Morgan fingerprint density at radius 2 is 0.458 bits per heavy atom. The fraction of sp³-hybridized carbons (Fsp3) is 0. The third-order valence-electron chi connectivity index (χ3n) is 21.2. The van der Waals surface area contributed by atoms with Gasteiger partial charge >= 0.3 is 0 Å². The van der Waals surface area contributed by atoms with Gasteiger partial charge in [-0.05, 0) is 119 Å². The van der Waals surface area contributed by atoms with Crippen molar-refractivity contribution in [3.05, 3.63) is 400 Å². The SMILES string of the molecule is c1ccc([Si](c2ccccc2)(c2ccccc2)c2ccc3c(c2)c2cc([Si](c4ccccc4)(c4ccccc4)c4ccccc4)ccc2n3-c2cc3c4c(c2)[Si](c2ccccc2)(c2ccccc2)c2ccccc2N4c2ccccc2[Si]3(c2ccccc2)c2ccccc2)cc1. The molecule has 96 heavy (non-hydrogen) atoms. The van der Waals surface area contributed by atoms with Gasteiger partial charge < -0.3 is 9.47 Å². The van der Waals surface area contributed by atoms with Crippen molar-refractivity contribution < 1.29 is 0 Å². The zero-order valence-corrected chi connectivity index (χ0v) is 57.0. The van der Waals surface area contributed by atoms with E-state index in [0.29, 0.717) is 0 Å². The lowest BCUT2D eigenvalue weighted by atomic mass is 10.1. The zero-order chi connectivity index (χ0) is 63.7. The normalized spacial score (nSPS) is 13.6. The van der Waals surface area contributed by atoms with Crippen molar-refractivity contribution in [3.8, 4) is 5.69 Å². The van der Waals surface area contributed by atoms with Crippen molar-refractivity contribution in [1.29, 1.82) is 0 Å². The molecule has 0 unspecified atom stereocenters. The molecule has 0 bridgehead atoms. The molecule has 0 fully saturated rings. The van der Waals surface area contributed by atoms with Gasteiger partial charge in [0.25, 0.3) is 0 Å². The number of hydrogen-bond donors (Lipinski definition) is 0. The molecule has 0 saturated heterocycles. The summed E-state index contributed by atoms with van der Waals surface area (Å²) in [5, 5.41) is 24.2. The molecular weight excluding hydrogens is 1220 g/mol. The smallest absolute Gasteiger partial charge is 0.184 e. The molecule has 0 radical (unpaired) electrons. The molecule has 18 rings (SSSR count). The number of anilines is 3. The van der Waals surface area contributed by atoms with E-state index in [-0.39, 0.29) is 0 Å². The Morgan fingerprint density at radius 1 is 0.208 bits per heavy atom. The quantitative estimate of drug-likeness (QED) is 0.0825. The van der Waals surface area contributed by atoms with Crippen LogP contribution in [0.15, 0.2) is 400 Å². The molecule has 16 aromatic rings. The third-order valence-corrected chi connectivity index (χ3v) is 40.4. The van der Waals surface area contributed by atoms with Gasteiger partial charge in [-0.3, -0.25) is 0 Å². The maximum atomic E-state index is 2.69. The Bertz CT molecular complexity index is 4900. The van der Waals surface area contributed by atoms with E-state index in [0.717, 1.165) is 5.69 Å². The molecule has 3 heterocycles.